The molecule has 7 heteroatoms. The average Bonchev–Trinajstić information content (AvgIpc) is 3.36. The molecule has 0 atom stereocenters. The van der Waals surface area contributed by atoms with Crippen molar-refractivity contribution >= 4 is 22.6 Å². The number of hydrogen-bond acceptors (Lipinski definition) is 4. The van der Waals surface area contributed by atoms with Crippen molar-refractivity contribution in [3.63, 3.8) is 0 Å². The molecule has 0 aliphatic rings. The SMILES string of the molecule is COc1ccccc1CNC(=O)c1ccc(Cn2c(=O)c3cccn3c3cccnc32)cc1. The highest BCUT2D eigenvalue weighted by molar-refractivity contribution is 5.94. The summed E-state index contributed by atoms with van der Waals surface area (Å²) in [6, 6.07) is 22.3. The molecule has 164 valence electrons. The first kappa shape index (κ1) is 20.5. The monoisotopic (exact) mass is 438 g/mol. The summed E-state index contributed by atoms with van der Waals surface area (Å²) in [5.41, 5.74) is 4.33. The van der Waals surface area contributed by atoms with Crippen LogP contribution in [0.3, 0.4) is 0 Å². The molecule has 0 spiro atoms. The number of carbonyl (C=O) groups is 1. The van der Waals surface area contributed by atoms with E-state index in [9.17, 15) is 9.59 Å². The van der Waals surface area contributed by atoms with Crippen LogP contribution in [0.5, 0.6) is 5.75 Å². The van der Waals surface area contributed by atoms with Gasteiger partial charge in [-0.15, -0.1) is 0 Å². The number of hydrogen-bond donors (Lipinski definition) is 1. The number of methoxy groups -OCH3 is 1. The molecule has 0 saturated carbocycles. The Morgan fingerprint density at radius 3 is 2.58 bits per heavy atom. The standard InChI is InChI=1S/C26H22N4O3/c1-33-23-9-3-2-6-20(23)16-28-25(31)19-12-10-18(11-13-19)17-30-24-21(7-4-14-27-24)29-15-5-8-22(29)26(30)32/h2-15H,16-17H2,1H3,(H,28,31). The molecule has 1 N–H and O–H groups in total. The van der Waals surface area contributed by atoms with Crippen LogP contribution in [0.1, 0.15) is 21.5 Å². The zero-order chi connectivity index (χ0) is 22.8. The van der Waals surface area contributed by atoms with Gasteiger partial charge in [0.2, 0.25) is 0 Å². The van der Waals surface area contributed by atoms with Crippen LogP contribution in [0.4, 0.5) is 0 Å². The Kier molecular flexibility index (Phi) is 5.36. The molecule has 3 heterocycles. The van der Waals surface area contributed by atoms with E-state index in [2.05, 4.69) is 10.3 Å². The highest BCUT2D eigenvalue weighted by atomic mass is 16.5. The van der Waals surface area contributed by atoms with Gasteiger partial charge in [0.15, 0.2) is 5.65 Å². The first-order valence-electron chi connectivity index (χ1n) is 10.6. The van der Waals surface area contributed by atoms with Gasteiger partial charge in [-0.3, -0.25) is 14.2 Å². The molecule has 1 amide bonds. The average molecular weight is 438 g/mol. The Bertz CT molecular complexity index is 1520. The van der Waals surface area contributed by atoms with Crippen molar-refractivity contribution in [3.05, 3.63) is 112 Å². The molecular formula is C26H22N4O3. The molecule has 5 aromatic rings. The van der Waals surface area contributed by atoms with Crippen LogP contribution in [0.2, 0.25) is 0 Å². The predicted molar refractivity (Wildman–Crippen MR) is 127 cm³/mol. The molecule has 0 aliphatic carbocycles. The molecule has 0 fully saturated rings. The van der Waals surface area contributed by atoms with Crippen molar-refractivity contribution < 1.29 is 9.53 Å². The van der Waals surface area contributed by atoms with E-state index in [0.717, 1.165) is 22.4 Å². The van der Waals surface area contributed by atoms with Crippen molar-refractivity contribution in [2.24, 2.45) is 0 Å². The lowest BCUT2D eigenvalue weighted by molar-refractivity contribution is 0.0950. The molecule has 33 heavy (non-hydrogen) atoms. The molecule has 0 saturated heterocycles. The van der Waals surface area contributed by atoms with Crippen molar-refractivity contribution in [2.45, 2.75) is 13.1 Å². The van der Waals surface area contributed by atoms with Crippen LogP contribution >= 0.6 is 0 Å². The summed E-state index contributed by atoms with van der Waals surface area (Å²) in [5, 5.41) is 2.92. The van der Waals surface area contributed by atoms with Crippen molar-refractivity contribution in [2.75, 3.05) is 7.11 Å². The highest BCUT2D eigenvalue weighted by Gasteiger charge is 2.12. The molecular weight excluding hydrogens is 416 g/mol. The Labute approximate surface area is 189 Å². The quantitative estimate of drug-likeness (QED) is 0.439. The Morgan fingerprint density at radius 2 is 1.76 bits per heavy atom. The molecule has 7 nitrogen and oxygen atoms in total. The van der Waals surface area contributed by atoms with E-state index >= 15 is 0 Å². The van der Waals surface area contributed by atoms with E-state index in [0.29, 0.717) is 29.8 Å². The number of amides is 1. The molecule has 3 aromatic heterocycles. The molecule has 0 bridgehead atoms. The number of fused-ring (bicyclic) bond motifs is 3. The van der Waals surface area contributed by atoms with Gasteiger partial charge >= 0.3 is 0 Å². The van der Waals surface area contributed by atoms with Crippen LogP contribution in [0.25, 0.3) is 16.7 Å². The third-order valence-electron chi connectivity index (χ3n) is 5.68. The van der Waals surface area contributed by atoms with Crippen molar-refractivity contribution in [3.8, 4) is 5.75 Å². The topological polar surface area (TPSA) is 77.6 Å². The largest absolute Gasteiger partial charge is 0.496 e. The van der Waals surface area contributed by atoms with E-state index in [1.807, 2.05) is 65.2 Å². The number of nitrogens with one attached hydrogen (secondary N) is 1. The fourth-order valence-corrected chi connectivity index (χ4v) is 4.00. The zero-order valence-electron chi connectivity index (χ0n) is 18.1. The maximum Gasteiger partial charge on any atom is 0.276 e. The van der Waals surface area contributed by atoms with E-state index in [1.165, 1.54) is 0 Å². The van der Waals surface area contributed by atoms with Crippen LogP contribution in [0.15, 0.2) is 90.0 Å². The fraction of sp³-hybridized carbons (Fsp3) is 0.115. The van der Waals surface area contributed by atoms with E-state index < -0.39 is 0 Å². The minimum absolute atomic E-state index is 0.107. The number of benzene rings is 2. The Morgan fingerprint density at radius 1 is 0.970 bits per heavy atom. The summed E-state index contributed by atoms with van der Waals surface area (Å²) in [6.07, 6.45) is 3.55. The predicted octanol–water partition coefficient (Wildman–Crippen LogP) is 3.64. The van der Waals surface area contributed by atoms with Gasteiger partial charge in [-0.25, -0.2) is 4.98 Å². The summed E-state index contributed by atoms with van der Waals surface area (Å²) in [6.45, 7) is 0.728. The fourth-order valence-electron chi connectivity index (χ4n) is 4.00. The van der Waals surface area contributed by atoms with Gasteiger partial charge in [0.25, 0.3) is 11.5 Å². The second-order valence-corrected chi connectivity index (χ2v) is 7.69. The van der Waals surface area contributed by atoms with Crippen LogP contribution in [0, 0.1) is 0 Å². The van der Waals surface area contributed by atoms with Gasteiger partial charge in [-0.1, -0.05) is 30.3 Å². The lowest BCUT2D eigenvalue weighted by atomic mass is 10.1. The third-order valence-corrected chi connectivity index (χ3v) is 5.68. The summed E-state index contributed by atoms with van der Waals surface area (Å²) in [7, 11) is 1.61. The first-order chi connectivity index (χ1) is 16.2. The van der Waals surface area contributed by atoms with Gasteiger partial charge in [-0.05, 0) is 48.0 Å². The summed E-state index contributed by atoms with van der Waals surface area (Å²) >= 11 is 0. The van der Waals surface area contributed by atoms with Crippen LogP contribution < -0.4 is 15.6 Å². The summed E-state index contributed by atoms with van der Waals surface area (Å²) in [4.78, 5) is 30.1. The van der Waals surface area contributed by atoms with E-state index in [-0.39, 0.29) is 11.5 Å². The lowest BCUT2D eigenvalue weighted by Gasteiger charge is -2.12. The number of nitrogens with zero attached hydrogens (tertiary/aromatic N) is 3. The van der Waals surface area contributed by atoms with Crippen LogP contribution in [-0.4, -0.2) is 27.0 Å². The second-order valence-electron chi connectivity index (χ2n) is 7.69. The first-order valence-corrected chi connectivity index (χ1v) is 10.6. The maximum atomic E-state index is 13.1. The Balaban J connectivity index is 1.37. The normalized spacial score (nSPS) is 11.1. The van der Waals surface area contributed by atoms with E-state index in [4.69, 9.17) is 4.74 Å². The smallest absolute Gasteiger partial charge is 0.276 e. The number of pyridine rings is 1. The second kappa shape index (κ2) is 8.63. The lowest BCUT2D eigenvalue weighted by Crippen LogP contribution is -2.24. The minimum atomic E-state index is -0.175. The van der Waals surface area contributed by atoms with Gasteiger partial charge in [0.1, 0.15) is 11.3 Å². The Hall–Kier alpha value is -4.39. The van der Waals surface area contributed by atoms with Gasteiger partial charge < -0.3 is 14.5 Å². The molecule has 0 radical (unpaired) electrons. The molecule has 5 rings (SSSR count). The van der Waals surface area contributed by atoms with Gasteiger partial charge in [-0.2, -0.15) is 0 Å². The summed E-state index contributed by atoms with van der Waals surface area (Å²) < 4.78 is 8.86. The van der Waals surface area contributed by atoms with Crippen molar-refractivity contribution in [1.29, 1.82) is 0 Å². The van der Waals surface area contributed by atoms with Crippen molar-refractivity contribution in [1.82, 2.24) is 19.3 Å². The molecule has 2 aromatic carbocycles. The van der Waals surface area contributed by atoms with Crippen LogP contribution in [-0.2, 0) is 13.1 Å². The third kappa shape index (κ3) is 3.85. The van der Waals surface area contributed by atoms with E-state index in [1.54, 1.807) is 36.1 Å². The number of para-hydroxylation sites is 1. The maximum absolute atomic E-state index is 13.1. The number of aromatic nitrogens is 3. The number of carbonyl (C=O) groups excluding carboxylic acids is 1. The zero-order valence-corrected chi connectivity index (χ0v) is 18.1. The number of ether oxygens (including phenoxy) is 1. The minimum Gasteiger partial charge on any atom is -0.496 e. The van der Waals surface area contributed by atoms with Gasteiger partial charge in [0, 0.05) is 30.1 Å². The highest BCUT2D eigenvalue weighted by Crippen LogP contribution is 2.17. The summed E-state index contributed by atoms with van der Waals surface area (Å²) in [5.74, 6) is 0.561. The van der Waals surface area contributed by atoms with Gasteiger partial charge in [0.05, 0.1) is 19.2 Å². The molecule has 0 aliphatic heterocycles. The molecule has 0 unspecified atom stereocenters. The number of rotatable bonds is 6.